The van der Waals surface area contributed by atoms with E-state index in [0.717, 1.165) is 6.42 Å². The Hall–Kier alpha value is -2.04. The van der Waals surface area contributed by atoms with Crippen LogP contribution >= 0.6 is 0 Å². The zero-order valence-electron chi connectivity index (χ0n) is 12.3. The average molecular weight is 276 g/mol. The smallest absolute Gasteiger partial charge is 0.344 e. The summed E-state index contributed by atoms with van der Waals surface area (Å²) < 4.78 is 6.42. The Kier molecular flexibility index (Phi) is 3.70. The minimum atomic E-state index is -0.546. The highest BCUT2D eigenvalue weighted by Crippen LogP contribution is 2.32. The number of esters is 1. The van der Waals surface area contributed by atoms with Crippen LogP contribution in [-0.4, -0.2) is 27.7 Å². The lowest BCUT2D eigenvalue weighted by molar-refractivity contribution is 0.0599. The molecule has 0 aliphatic heterocycles. The normalized spacial score (nSPS) is 11.8. The van der Waals surface area contributed by atoms with Gasteiger partial charge in [-0.2, -0.15) is 0 Å². The highest BCUT2D eigenvalue weighted by atomic mass is 16.5. The highest BCUT2D eigenvalue weighted by Gasteiger charge is 2.24. The molecule has 0 spiro atoms. The summed E-state index contributed by atoms with van der Waals surface area (Å²) in [6.45, 7) is 6.99. The number of pyridine rings is 1. The number of nitrogens with zero attached hydrogens (tertiary/aromatic N) is 2. The predicted molar refractivity (Wildman–Crippen MR) is 76.8 cm³/mol. The molecule has 0 atom stereocenters. The van der Waals surface area contributed by atoms with Gasteiger partial charge in [0.2, 0.25) is 5.88 Å². The van der Waals surface area contributed by atoms with Crippen LogP contribution in [0.25, 0.3) is 11.0 Å². The molecule has 0 saturated heterocycles. The summed E-state index contributed by atoms with van der Waals surface area (Å²) in [5.74, 6) is -0.621. The maximum absolute atomic E-state index is 11.8. The molecule has 0 saturated carbocycles. The molecule has 0 aliphatic carbocycles. The second-order valence-electron chi connectivity index (χ2n) is 6.03. The van der Waals surface area contributed by atoms with Gasteiger partial charge in [-0.25, -0.2) is 9.78 Å². The van der Waals surface area contributed by atoms with Crippen molar-refractivity contribution in [3.63, 3.8) is 0 Å². The number of hydrogen-bond acceptors (Lipinski definition) is 4. The van der Waals surface area contributed by atoms with E-state index in [1.807, 2.05) is 0 Å². The minimum absolute atomic E-state index is 0.0743. The molecule has 2 heterocycles. The molecular weight excluding hydrogens is 256 g/mol. The van der Waals surface area contributed by atoms with Gasteiger partial charge in [0, 0.05) is 18.1 Å². The number of ether oxygens (including phenoxy) is 1. The number of aryl methyl sites for hydroxylation is 1. The van der Waals surface area contributed by atoms with Gasteiger partial charge in [-0.3, -0.25) is 4.57 Å². The quantitative estimate of drug-likeness (QED) is 0.875. The number of aromatic hydroxyl groups is 1. The van der Waals surface area contributed by atoms with Crippen LogP contribution in [0, 0.1) is 5.41 Å². The molecule has 0 bridgehead atoms. The van der Waals surface area contributed by atoms with Crippen molar-refractivity contribution in [1.82, 2.24) is 9.55 Å². The van der Waals surface area contributed by atoms with Crippen molar-refractivity contribution in [2.75, 3.05) is 7.11 Å². The van der Waals surface area contributed by atoms with Crippen molar-refractivity contribution in [2.24, 2.45) is 5.41 Å². The number of rotatable bonds is 3. The number of carbonyl (C=O) groups is 1. The fraction of sp³-hybridized carbons (Fsp3) is 0.467. The molecule has 0 unspecified atom stereocenters. The van der Waals surface area contributed by atoms with E-state index in [1.54, 1.807) is 22.9 Å². The van der Waals surface area contributed by atoms with Gasteiger partial charge in [-0.05, 0) is 24.0 Å². The monoisotopic (exact) mass is 276 g/mol. The molecule has 5 nitrogen and oxygen atoms in total. The van der Waals surface area contributed by atoms with Crippen LogP contribution in [0.3, 0.4) is 0 Å². The van der Waals surface area contributed by atoms with E-state index in [9.17, 15) is 9.90 Å². The van der Waals surface area contributed by atoms with Crippen molar-refractivity contribution < 1.29 is 14.6 Å². The standard InChI is InChI=1S/C15H20N2O3/c1-15(2,3)7-9-17-12-10(6-5-8-16-12)11(13(17)18)14(19)20-4/h5-6,8,18H,7,9H2,1-4H3. The lowest BCUT2D eigenvalue weighted by Gasteiger charge is -2.18. The zero-order chi connectivity index (χ0) is 14.9. The van der Waals surface area contributed by atoms with Crippen molar-refractivity contribution >= 4 is 17.0 Å². The molecule has 0 aliphatic rings. The molecular formula is C15H20N2O3. The van der Waals surface area contributed by atoms with E-state index in [2.05, 4.69) is 25.8 Å². The topological polar surface area (TPSA) is 64.3 Å². The van der Waals surface area contributed by atoms with Crippen LogP contribution in [0.15, 0.2) is 18.3 Å². The Bertz CT molecular complexity index is 638. The SMILES string of the molecule is COC(=O)c1c(O)n(CCC(C)(C)C)c2ncccc12. The fourth-order valence-corrected chi connectivity index (χ4v) is 2.13. The van der Waals surface area contributed by atoms with Crippen molar-refractivity contribution in [3.05, 3.63) is 23.9 Å². The first-order valence-corrected chi connectivity index (χ1v) is 6.59. The Balaban J connectivity index is 2.54. The van der Waals surface area contributed by atoms with Crippen LogP contribution in [0.1, 0.15) is 37.6 Å². The van der Waals surface area contributed by atoms with E-state index in [0.29, 0.717) is 17.6 Å². The zero-order valence-corrected chi connectivity index (χ0v) is 12.3. The molecule has 5 heteroatoms. The molecule has 108 valence electrons. The van der Waals surface area contributed by atoms with Gasteiger partial charge in [0.15, 0.2) is 0 Å². The largest absolute Gasteiger partial charge is 0.494 e. The lowest BCUT2D eigenvalue weighted by atomic mass is 9.92. The van der Waals surface area contributed by atoms with Gasteiger partial charge in [-0.15, -0.1) is 0 Å². The molecule has 2 aromatic rings. The number of aromatic nitrogens is 2. The summed E-state index contributed by atoms with van der Waals surface area (Å²) in [5, 5.41) is 10.9. The number of carbonyl (C=O) groups excluding carboxylic acids is 1. The Labute approximate surface area is 118 Å². The first-order chi connectivity index (χ1) is 9.35. The molecule has 0 radical (unpaired) electrons. The summed E-state index contributed by atoms with van der Waals surface area (Å²) in [7, 11) is 1.30. The summed E-state index contributed by atoms with van der Waals surface area (Å²) >= 11 is 0. The van der Waals surface area contributed by atoms with Crippen LogP contribution in [0.2, 0.25) is 0 Å². The van der Waals surface area contributed by atoms with E-state index in [-0.39, 0.29) is 16.9 Å². The highest BCUT2D eigenvalue weighted by molar-refractivity contribution is 6.06. The second kappa shape index (κ2) is 5.15. The van der Waals surface area contributed by atoms with Crippen molar-refractivity contribution in [1.29, 1.82) is 0 Å². The maximum atomic E-state index is 11.8. The fourth-order valence-electron chi connectivity index (χ4n) is 2.13. The van der Waals surface area contributed by atoms with Gasteiger partial charge in [-0.1, -0.05) is 20.8 Å². The molecule has 0 aromatic carbocycles. The molecule has 2 rings (SSSR count). The first kappa shape index (κ1) is 14.4. The number of methoxy groups -OCH3 is 1. The van der Waals surface area contributed by atoms with Crippen LogP contribution < -0.4 is 0 Å². The summed E-state index contributed by atoms with van der Waals surface area (Å²) in [5.41, 5.74) is 0.919. The molecule has 0 amide bonds. The predicted octanol–water partition coefficient (Wildman–Crippen LogP) is 2.96. The van der Waals surface area contributed by atoms with Gasteiger partial charge < -0.3 is 9.84 Å². The molecule has 20 heavy (non-hydrogen) atoms. The number of hydrogen-bond donors (Lipinski definition) is 1. The van der Waals surface area contributed by atoms with Crippen LogP contribution in [0.5, 0.6) is 5.88 Å². The third kappa shape index (κ3) is 2.61. The van der Waals surface area contributed by atoms with Crippen molar-refractivity contribution in [3.8, 4) is 5.88 Å². The van der Waals surface area contributed by atoms with Gasteiger partial charge >= 0.3 is 5.97 Å². The Morgan fingerprint density at radius 2 is 2.15 bits per heavy atom. The van der Waals surface area contributed by atoms with E-state index >= 15 is 0 Å². The van der Waals surface area contributed by atoms with Gasteiger partial charge in [0.25, 0.3) is 0 Å². The summed E-state index contributed by atoms with van der Waals surface area (Å²) in [4.78, 5) is 16.1. The minimum Gasteiger partial charge on any atom is -0.494 e. The summed E-state index contributed by atoms with van der Waals surface area (Å²) in [6, 6.07) is 3.50. The van der Waals surface area contributed by atoms with E-state index in [1.165, 1.54) is 7.11 Å². The molecule has 0 fully saturated rings. The van der Waals surface area contributed by atoms with Gasteiger partial charge in [0.1, 0.15) is 11.2 Å². The van der Waals surface area contributed by atoms with E-state index in [4.69, 9.17) is 4.74 Å². The first-order valence-electron chi connectivity index (χ1n) is 6.59. The summed E-state index contributed by atoms with van der Waals surface area (Å²) in [6.07, 6.45) is 2.51. The van der Waals surface area contributed by atoms with E-state index < -0.39 is 5.97 Å². The average Bonchev–Trinajstić information content (AvgIpc) is 2.67. The second-order valence-corrected chi connectivity index (χ2v) is 6.03. The molecule has 1 N–H and O–H groups in total. The molecule has 2 aromatic heterocycles. The van der Waals surface area contributed by atoms with Crippen LogP contribution in [-0.2, 0) is 11.3 Å². The Morgan fingerprint density at radius 1 is 1.45 bits per heavy atom. The van der Waals surface area contributed by atoms with Crippen LogP contribution in [0.4, 0.5) is 0 Å². The third-order valence-electron chi connectivity index (χ3n) is 3.27. The van der Waals surface area contributed by atoms with Crippen molar-refractivity contribution in [2.45, 2.75) is 33.7 Å². The Morgan fingerprint density at radius 3 is 2.75 bits per heavy atom. The third-order valence-corrected chi connectivity index (χ3v) is 3.27. The maximum Gasteiger partial charge on any atom is 0.344 e. The lowest BCUT2D eigenvalue weighted by Crippen LogP contribution is -2.10. The number of fused-ring (bicyclic) bond motifs is 1. The van der Waals surface area contributed by atoms with Gasteiger partial charge in [0.05, 0.1) is 7.11 Å².